The fourth-order valence-electron chi connectivity index (χ4n) is 2.15. The summed E-state index contributed by atoms with van der Waals surface area (Å²) in [7, 11) is 0. The van der Waals surface area contributed by atoms with Crippen LogP contribution in [0.5, 0.6) is 0 Å². The Hall–Kier alpha value is -0.290. The second-order valence-electron chi connectivity index (χ2n) is 4.73. The molecule has 0 unspecified atom stereocenters. The van der Waals surface area contributed by atoms with E-state index in [2.05, 4.69) is 38.1 Å². The zero-order chi connectivity index (χ0) is 12.8. The van der Waals surface area contributed by atoms with Gasteiger partial charge in [-0.2, -0.15) is 0 Å². The Kier molecular flexibility index (Phi) is 5.76. The van der Waals surface area contributed by atoms with Crippen molar-refractivity contribution in [3.8, 4) is 0 Å². The standard InChI is InChI=1S/C13H20BrN3S/c1-2-7-15-13-16-8-11(14)12(17-13)18-9-10-5-3-4-6-10/h8,10H,2-7,9H2,1H3,(H,15,16,17). The first-order chi connectivity index (χ1) is 8.79. The normalized spacial score (nSPS) is 16.1. The van der Waals surface area contributed by atoms with E-state index in [1.54, 1.807) is 0 Å². The molecule has 0 aliphatic heterocycles. The lowest BCUT2D eigenvalue weighted by Crippen LogP contribution is -2.05. The fraction of sp³-hybridized carbons (Fsp3) is 0.692. The number of hydrogen-bond acceptors (Lipinski definition) is 4. The topological polar surface area (TPSA) is 37.8 Å². The zero-order valence-electron chi connectivity index (χ0n) is 10.8. The molecule has 0 atom stereocenters. The van der Waals surface area contributed by atoms with Crippen LogP contribution >= 0.6 is 27.7 Å². The first-order valence-corrected chi connectivity index (χ1v) is 8.46. The van der Waals surface area contributed by atoms with Gasteiger partial charge >= 0.3 is 0 Å². The van der Waals surface area contributed by atoms with Gasteiger partial charge in [0, 0.05) is 18.5 Å². The molecule has 1 aromatic heterocycles. The van der Waals surface area contributed by atoms with Gasteiger partial charge in [-0.25, -0.2) is 9.97 Å². The molecular weight excluding hydrogens is 310 g/mol. The molecule has 1 aliphatic rings. The summed E-state index contributed by atoms with van der Waals surface area (Å²) in [5, 5.41) is 4.30. The van der Waals surface area contributed by atoms with E-state index in [4.69, 9.17) is 0 Å². The van der Waals surface area contributed by atoms with E-state index in [9.17, 15) is 0 Å². The monoisotopic (exact) mass is 329 g/mol. The Morgan fingerprint density at radius 3 is 2.94 bits per heavy atom. The second kappa shape index (κ2) is 7.34. The molecule has 0 aromatic carbocycles. The van der Waals surface area contributed by atoms with E-state index in [1.165, 1.54) is 31.4 Å². The van der Waals surface area contributed by atoms with Crippen molar-refractivity contribution < 1.29 is 0 Å². The van der Waals surface area contributed by atoms with Crippen LogP contribution in [0.15, 0.2) is 15.7 Å². The van der Waals surface area contributed by atoms with Gasteiger partial charge in [-0.05, 0) is 41.1 Å². The number of thioether (sulfide) groups is 1. The van der Waals surface area contributed by atoms with Crippen LogP contribution in [-0.4, -0.2) is 22.3 Å². The number of hydrogen-bond donors (Lipinski definition) is 1. The maximum Gasteiger partial charge on any atom is 0.223 e. The third-order valence-corrected chi connectivity index (χ3v) is 5.24. The Morgan fingerprint density at radius 1 is 1.44 bits per heavy atom. The summed E-state index contributed by atoms with van der Waals surface area (Å²) >= 11 is 5.39. The van der Waals surface area contributed by atoms with Crippen molar-refractivity contribution in [2.45, 2.75) is 44.1 Å². The highest BCUT2D eigenvalue weighted by Crippen LogP contribution is 2.33. The van der Waals surface area contributed by atoms with Gasteiger partial charge in [-0.15, -0.1) is 11.8 Å². The lowest BCUT2D eigenvalue weighted by atomic mass is 10.1. The van der Waals surface area contributed by atoms with Gasteiger partial charge in [-0.1, -0.05) is 19.8 Å². The Labute approximate surface area is 122 Å². The van der Waals surface area contributed by atoms with Crippen molar-refractivity contribution in [1.82, 2.24) is 9.97 Å². The molecule has 0 saturated heterocycles. The lowest BCUT2D eigenvalue weighted by Gasteiger charge is -2.10. The van der Waals surface area contributed by atoms with Crippen molar-refractivity contribution >= 4 is 33.6 Å². The molecule has 18 heavy (non-hydrogen) atoms. The predicted octanol–water partition coefficient (Wildman–Crippen LogP) is 4.34. The second-order valence-corrected chi connectivity index (χ2v) is 6.60. The van der Waals surface area contributed by atoms with E-state index >= 15 is 0 Å². The minimum Gasteiger partial charge on any atom is -0.354 e. The Morgan fingerprint density at radius 2 is 2.22 bits per heavy atom. The summed E-state index contributed by atoms with van der Waals surface area (Å²) < 4.78 is 1.01. The van der Waals surface area contributed by atoms with Gasteiger partial charge in [0.15, 0.2) is 0 Å². The van der Waals surface area contributed by atoms with Crippen LogP contribution < -0.4 is 5.32 Å². The van der Waals surface area contributed by atoms with E-state index < -0.39 is 0 Å². The first-order valence-electron chi connectivity index (χ1n) is 6.68. The smallest absolute Gasteiger partial charge is 0.223 e. The number of nitrogens with one attached hydrogen (secondary N) is 1. The molecule has 0 radical (unpaired) electrons. The number of nitrogens with zero attached hydrogens (tertiary/aromatic N) is 2. The van der Waals surface area contributed by atoms with Gasteiger partial charge in [0.2, 0.25) is 5.95 Å². The highest BCUT2D eigenvalue weighted by Gasteiger charge is 2.16. The van der Waals surface area contributed by atoms with Gasteiger partial charge in [-0.3, -0.25) is 0 Å². The molecule has 1 heterocycles. The van der Waals surface area contributed by atoms with Crippen LogP contribution in [0.4, 0.5) is 5.95 Å². The minimum absolute atomic E-state index is 0.744. The molecule has 1 N–H and O–H groups in total. The van der Waals surface area contributed by atoms with Gasteiger partial charge < -0.3 is 5.32 Å². The largest absolute Gasteiger partial charge is 0.354 e. The van der Waals surface area contributed by atoms with E-state index in [-0.39, 0.29) is 0 Å². The van der Waals surface area contributed by atoms with Crippen molar-refractivity contribution in [1.29, 1.82) is 0 Å². The van der Waals surface area contributed by atoms with E-state index in [0.717, 1.165) is 34.3 Å². The maximum absolute atomic E-state index is 4.56. The van der Waals surface area contributed by atoms with Gasteiger partial charge in [0.1, 0.15) is 5.03 Å². The number of aromatic nitrogens is 2. The van der Waals surface area contributed by atoms with E-state index in [0.29, 0.717) is 0 Å². The summed E-state index contributed by atoms with van der Waals surface area (Å²) in [6.07, 6.45) is 8.51. The summed E-state index contributed by atoms with van der Waals surface area (Å²) in [4.78, 5) is 8.84. The number of rotatable bonds is 6. The Balaban J connectivity index is 1.92. The fourth-order valence-corrected chi connectivity index (χ4v) is 3.75. The van der Waals surface area contributed by atoms with Crippen LogP contribution in [-0.2, 0) is 0 Å². The molecule has 0 bridgehead atoms. The van der Waals surface area contributed by atoms with Crippen LogP contribution in [0, 0.1) is 5.92 Å². The molecular formula is C13H20BrN3S. The zero-order valence-corrected chi connectivity index (χ0v) is 13.2. The molecule has 0 spiro atoms. The van der Waals surface area contributed by atoms with Gasteiger partial charge in [0.25, 0.3) is 0 Å². The molecule has 1 aromatic rings. The van der Waals surface area contributed by atoms with Gasteiger partial charge in [0.05, 0.1) is 4.47 Å². The van der Waals surface area contributed by atoms with Crippen molar-refractivity contribution in [2.24, 2.45) is 5.92 Å². The average Bonchev–Trinajstić information content (AvgIpc) is 2.89. The number of anilines is 1. The maximum atomic E-state index is 4.56. The minimum atomic E-state index is 0.744. The Bertz CT molecular complexity index is 380. The third kappa shape index (κ3) is 4.12. The molecule has 100 valence electrons. The molecule has 5 heteroatoms. The van der Waals surface area contributed by atoms with E-state index in [1.807, 2.05) is 18.0 Å². The molecule has 1 saturated carbocycles. The lowest BCUT2D eigenvalue weighted by molar-refractivity contribution is 0.622. The SMILES string of the molecule is CCCNc1ncc(Br)c(SCC2CCCC2)n1. The van der Waals surface area contributed by atoms with Crippen LogP contribution in [0.2, 0.25) is 0 Å². The van der Waals surface area contributed by atoms with Crippen molar-refractivity contribution in [2.75, 3.05) is 17.6 Å². The molecule has 2 rings (SSSR count). The van der Waals surface area contributed by atoms with Crippen LogP contribution in [0.3, 0.4) is 0 Å². The molecule has 0 amide bonds. The molecule has 1 fully saturated rings. The van der Waals surface area contributed by atoms with Crippen LogP contribution in [0.25, 0.3) is 0 Å². The summed E-state index contributed by atoms with van der Waals surface area (Å²) in [6.45, 7) is 3.07. The number of halogens is 1. The third-order valence-electron chi connectivity index (χ3n) is 3.18. The highest BCUT2D eigenvalue weighted by atomic mass is 79.9. The summed E-state index contributed by atoms with van der Waals surface area (Å²) in [5.41, 5.74) is 0. The summed E-state index contributed by atoms with van der Waals surface area (Å²) in [6, 6.07) is 0. The quantitative estimate of drug-likeness (QED) is 0.622. The molecule has 3 nitrogen and oxygen atoms in total. The highest BCUT2D eigenvalue weighted by molar-refractivity contribution is 9.10. The predicted molar refractivity (Wildman–Crippen MR) is 81.2 cm³/mol. The average molecular weight is 330 g/mol. The van der Waals surface area contributed by atoms with Crippen molar-refractivity contribution in [3.05, 3.63) is 10.7 Å². The summed E-state index contributed by atoms with van der Waals surface area (Å²) in [5.74, 6) is 2.81. The first kappa shape index (κ1) is 14.1. The molecule has 1 aliphatic carbocycles. The van der Waals surface area contributed by atoms with Crippen LogP contribution in [0.1, 0.15) is 39.0 Å². The van der Waals surface area contributed by atoms with Crippen molar-refractivity contribution in [3.63, 3.8) is 0 Å².